The number of pyridine rings is 1. The average molecular weight is 866 g/mol. The largest absolute Gasteiger partial charge is 0.481 e. The molecule has 2 aromatic rings. The van der Waals surface area contributed by atoms with Crippen molar-refractivity contribution in [3.8, 4) is 0 Å². The number of aliphatic hydroxyl groups excluding tert-OH is 1. The molecule has 0 spiro atoms. The van der Waals surface area contributed by atoms with Crippen LogP contribution in [0.25, 0.3) is 10.9 Å². The summed E-state index contributed by atoms with van der Waals surface area (Å²) in [5.74, 6) is -0.961. The van der Waals surface area contributed by atoms with Gasteiger partial charge in [-0.1, -0.05) is 92.2 Å². The third-order valence-corrected chi connectivity index (χ3v) is 19.4. The first-order valence-corrected chi connectivity index (χ1v) is 24.1. The van der Waals surface area contributed by atoms with Gasteiger partial charge in [0.25, 0.3) is 5.91 Å². The second-order valence-electron chi connectivity index (χ2n) is 24.0. The Kier molecular flexibility index (Phi) is 11.3. The van der Waals surface area contributed by atoms with Gasteiger partial charge in [0.05, 0.1) is 23.5 Å². The summed E-state index contributed by atoms with van der Waals surface area (Å²) in [6.45, 7) is 25.0. The summed E-state index contributed by atoms with van der Waals surface area (Å²) >= 11 is 0. The molecule has 1 amide bonds. The molecule has 5 fully saturated rings. The van der Waals surface area contributed by atoms with E-state index in [9.17, 15) is 29.4 Å². The van der Waals surface area contributed by atoms with Gasteiger partial charge in [0.15, 0.2) is 5.78 Å². The monoisotopic (exact) mass is 866 g/mol. The molecule has 63 heavy (non-hydrogen) atoms. The van der Waals surface area contributed by atoms with E-state index in [0.29, 0.717) is 43.5 Å². The van der Waals surface area contributed by atoms with E-state index in [4.69, 9.17) is 4.74 Å². The lowest BCUT2D eigenvalue weighted by molar-refractivity contribution is -0.238. The van der Waals surface area contributed by atoms with Gasteiger partial charge in [-0.25, -0.2) is 4.98 Å². The van der Waals surface area contributed by atoms with Crippen LogP contribution >= 0.6 is 0 Å². The number of carboxylic acid groups (broad SMARTS) is 1. The molecule has 6 aliphatic rings. The Morgan fingerprint density at radius 1 is 0.857 bits per heavy atom. The lowest BCUT2D eigenvalue weighted by Gasteiger charge is -2.72. The number of nitrogens with zero attached hydrogens (tertiary/aromatic N) is 1. The Morgan fingerprint density at radius 2 is 1.57 bits per heavy atom. The number of nitrogens with one attached hydrogen (secondary N) is 2. The Balaban J connectivity index is 0.980. The number of hydrogen-bond acceptors (Lipinski definition) is 8. The van der Waals surface area contributed by atoms with Crippen LogP contribution in [0.3, 0.4) is 0 Å². The van der Waals surface area contributed by atoms with Crippen molar-refractivity contribution < 1.29 is 34.1 Å². The molecule has 0 unspecified atom stereocenters. The van der Waals surface area contributed by atoms with Gasteiger partial charge in [0.2, 0.25) is 0 Å². The van der Waals surface area contributed by atoms with Crippen molar-refractivity contribution in [2.24, 2.45) is 68.0 Å². The Labute approximate surface area is 375 Å². The van der Waals surface area contributed by atoms with Gasteiger partial charge in [-0.3, -0.25) is 19.2 Å². The first kappa shape index (κ1) is 45.9. The molecule has 5 saturated carbocycles. The topological polar surface area (TPSA) is 155 Å². The zero-order chi connectivity index (χ0) is 45.9. The van der Waals surface area contributed by atoms with Crippen LogP contribution in [-0.4, -0.2) is 69.7 Å². The highest BCUT2D eigenvalue weighted by atomic mass is 16.5. The number of fused-ring (bicyclic) bond motifs is 8. The second-order valence-corrected chi connectivity index (χ2v) is 24.0. The lowest BCUT2D eigenvalue weighted by atomic mass is 9.33. The van der Waals surface area contributed by atoms with Crippen molar-refractivity contribution in [1.82, 2.24) is 15.6 Å². The molecule has 0 radical (unpaired) electrons. The number of aromatic nitrogens is 1. The maximum atomic E-state index is 14.3. The number of esters is 1. The van der Waals surface area contributed by atoms with Crippen LogP contribution in [0, 0.1) is 68.0 Å². The number of rotatable bonds is 11. The molecule has 344 valence electrons. The van der Waals surface area contributed by atoms with E-state index in [1.807, 2.05) is 58.0 Å². The molecule has 1 aromatic carbocycles. The fraction of sp³-hybridized carbons (Fsp3) is 0.717. The number of allylic oxidation sites excluding steroid dienone is 1. The number of carbonyl (C=O) groups excluding carboxylic acids is 3. The van der Waals surface area contributed by atoms with Crippen molar-refractivity contribution in [3.05, 3.63) is 53.2 Å². The molecule has 8 rings (SSSR count). The van der Waals surface area contributed by atoms with Crippen molar-refractivity contribution in [2.75, 3.05) is 13.1 Å². The van der Waals surface area contributed by atoms with E-state index in [1.54, 1.807) is 6.07 Å². The van der Waals surface area contributed by atoms with Crippen LogP contribution in [0.5, 0.6) is 0 Å². The number of carboxylic acids is 1. The molecular weight excluding hydrogens is 791 g/mol. The summed E-state index contributed by atoms with van der Waals surface area (Å²) in [6, 6.07) is 11.4. The first-order valence-electron chi connectivity index (χ1n) is 24.1. The SMILES string of the molecule is CC(C)C1=C2[C@H]3CC[C@@H]4[C@@]5(C)CC[C@H](OC(=O)[C@H]6C[C@@H](C(=O)O)C6(C)C)C(C)(C)[C@@H]5CC[C@@]4(C)[C@]3(C)CC[C@@]2([C@@H](O)CNCC(C)(C)NC(=O)c2ccc3ccccc3n2)CC1=O. The highest BCUT2D eigenvalue weighted by molar-refractivity contribution is 6.01. The molecule has 6 aliphatic carbocycles. The molecule has 10 nitrogen and oxygen atoms in total. The number of Topliss-reactive ketones (excluding diaryl/α,β-unsaturated/α-hetero) is 1. The summed E-state index contributed by atoms with van der Waals surface area (Å²) in [7, 11) is 0. The molecule has 1 heterocycles. The van der Waals surface area contributed by atoms with Gasteiger partial charge in [0.1, 0.15) is 11.8 Å². The van der Waals surface area contributed by atoms with E-state index < -0.39 is 40.3 Å². The summed E-state index contributed by atoms with van der Waals surface area (Å²) in [4.78, 5) is 57.7. The van der Waals surface area contributed by atoms with Gasteiger partial charge < -0.3 is 25.6 Å². The normalized spacial score (nSPS) is 37.3. The Bertz CT molecular complexity index is 2230. The van der Waals surface area contributed by atoms with E-state index in [1.165, 1.54) is 5.57 Å². The highest BCUT2D eigenvalue weighted by Gasteiger charge is 2.71. The minimum absolute atomic E-state index is 0.0147. The minimum atomic E-state index is -0.839. The lowest BCUT2D eigenvalue weighted by Crippen LogP contribution is -2.66. The number of para-hydroxylation sites is 1. The Morgan fingerprint density at radius 3 is 2.25 bits per heavy atom. The highest BCUT2D eigenvalue weighted by Crippen LogP contribution is 2.77. The van der Waals surface area contributed by atoms with Crippen molar-refractivity contribution >= 4 is 34.5 Å². The molecule has 10 heteroatoms. The molecule has 0 bridgehead atoms. The smallest absolute Gasteiger partial charge is 0.309 e. The second kappa shape index (κ2) is 15.5. The Hall–Kier alpha value is -3.63. The minimum Gasteiger partial charge on any atom is -0.481 e. The standard InChI is InChI=1S/C53H75N3O7/c1-30(2)42-37(57)27-53(40(58)28-54-29-47(3,4)56-44(59)36-18-16-31-14-12-13-15-35(31)55-36)25-24-51(10)32(43(42)53)17-19-39-50(9)22-21-41(49(7,8)38(50)20-23-52(39,51)11)63-46(62)34-26-33(45(60)61)48(34,5)6/h12-16,18,30,32-34,38-41,54,58H,17,19-29H2,1-11H3,(H,56,59)(H,60,61)/t32-,33+,34-,38+,39-,40+,41+,50+,51-,52-,53+/m1/s1. The summed E-state index contributed by atoms with van der Waals surface area (Å²) in [6.07, 6.45) is 7.36. The number of carbonyl (C=O) groups is 4. The van der Waals surface area contributed by atoms with E-state index >= 15 is 0 Å². The molecule has 11 atom stereocenters. The molecule has 4 N–H and O–H groups in total. The van der Waals surface area contributed by atoms with E-state index in [0.717, 1.165) is 67.8 Å². The van der Waals surface area contributed by atoms with Gasteiger partial charge >= 0.3 is 11.9 Å². The van der Waals surface area contributed by atoms with E-state index in [2.05, 4.69) is 64.1 Å². The first-order chi connectivity index (χ1) is 29.3. The van der Waals surface area contributed by atoms with Crippen LogP contribution in [0.15, 0.2) is 47.5 Å². The number of aliphatic hydroxyl groups is 1. The number of ketones is 1. The van der Waals surface area contributed by atoms with Crippen LogP contribution in [0.2, 0.25) is 0 Å². The number of amides is 1. The maximum absolute atomic E-state index is 14.3. The van der Waals surface area contributed by atoms with Crippen LogP contribution in [0.4, 0.5) is 0 Å². The number of aliphatic carboxylic acids is 1. The number of hydrogen-bond donors (Lipinski definition) is 4. The number of benzene rings is 1. The maximum Gasteiger partial charge on any atom is 0.309 e. The van der Waals surface area contributed by atoms with Gasteiger partial charge in [-0.2, -0.15) is 0 Å². The van der Waals surface area contributed by atoms with Crippen molar-refractivity contribution in [2.45, 2.75) is 158 Å². The van der Waals surface area contributed by atoms with Gasteiger partial charge in [-0.05, 0) is 135 Å². The predicted octanol–water partition coefficient (Wildman–Crippen LogP) is 9.33. The summed E-state index contributed by atoms with van der Waals surface area (Å²) < 4.78 is 6.43. The molecule has 1 aromatic heterocycles. The molecule has 0 aliphatic heterocycles. The van der Waals surface area contributed by atoms with Gasteiger partial charge in [-0.15, -0.1) is 0 Å². The third-order valence-electron chi connectivity index (χ3n) is 19.4. The fourth-order valence-corrected chi connectivity index (χ4v) is 15.6. The van der Waals surface area contributed by atoms with Crippen molar-refractivity contribution in [1.29, 1.82) is 0 Å². The van der Waals surface area contributed by atoms with Crippen LogP contribution < -0.4 is 10.6 Å². The quantitative estimate of drug-likeness (QED) is 0.162. The summed E-state index contributed by atoms with van der Waals surface area (Å²) in [5, 5.41) is 29.8. The average Bonchev–Trinajstić information content (AvgIpc) is 3.51. The fourth-order valence-electron chi connectivity index (χ4n) is 15.6. The zero-order valence-corrected chi connectivity index (χ0v) is 40.0. The third kappa shape index (κ3) is 7.04. The van der Waals surface area contributed by atoms with E-state index in [-0.39, 0.29) is 57.3 Å². The van der Waals surface area contributed by atoms with Crippen LogP contribution in [-0.2, 0) is 19.1 Å². The molecular formula is C53H75N3O7. The number of ether oxygens (including phenoxy) is 1. The van der Waals surface area contributed by atoms with Crippen molar-refractivity contribution in [3.63, 3.8) is 0 Å². The summed E-state index contributed by atoms with van der Waals surface area (Å²) in [5.41, 5.74) is 1.22. The van der Waals surface area contributed by atoms with Gasteiger partial charge in [0, 0.05) is 41.3 Å². The van der Waals surface area contributed by atoms with Crippen LogP contribution in [0.1, 0.15) is 151 Å². The predicted molar refractivity (Wildman–Crippen MR) is 244 cm³/mol. The zero-order valence-electron chi connectivity index (χ0n) is 40.0. The molecule has 0 saturated heterocycles.